The number of carbonyl (C=O) groups excluding carboxylic acids is 2. The van der Waals surface area contributed by atoms with Crippen LogP contribution in [0, 0.1) is 5.92 Å². The summed E-state index contributed by atoms with van der Waals surface area (Å²) in [5.74, 6) is 0.636. The van der Waals surface area contributed by atoms with Crippen molar-refractivity contribution in [2.75, 3.05) is 7.11 Å². The van der Waals surface area contributed by atoms with Gasteiger partial charge in [-0.25, -0.2) is 0 Å². The van der Waals surface area contributed by atoms with E-state index < -0.39 is 6.04 Å². The molecular weight excluding hydrogens is 266 g/mol. The van der Waals surface area contributed by atoms with E-state index in [0.717, 1.165) is 17.7 Å². The van der Waals surface area contributed by atoms with Gasteiger partial charge in [-0.1, -0.05) is 26.0 Å². The van der Waals surface area contributed by atoms with Gasteiger partial charge in [0.25, 0.3) is 0 Å². The molecule has 0 aliphatic heterocycles. The van der Waals surface area contributed by atoms with Crippen molar-refractivity contribution in [3.05, 3.63) is 29.8 Å². The molecule has 4 heteroatoms. The number of ether oxygens (including phenoxy) is 1. The molecule has 1 rings (SSSR count). The van der Waals surface area contributed by atoms with Crippen molar-refractivity contribution in [3.8, 4) is 5.75 Å². The lowest BCUT2D eigenvalue weighted by molar-refractivity contribution is -0.128. The first kappa shape index (κ1) is 17.4. The van der Waals surface area contributed by atoms with E-state index in [4.69, 9.17) is 4.74 Å². The summed E-state index contributed by atoms with van der Waals surface area (Å²) in [6.07, 6.45) is 1.29. The SMILES string of the molecule is CCCC(=O)C(NCc1ccc(OC)cc1)C(C)C(C)=O. The topological polar surface area (TPSA) is 55.4 Å². The number of rotatable bonds is 9. The Morgan fingerprint density at radius 1 is 1.24 bits per heavy atom. The molecule has 21 heavy (non-hydrogen) atoms. The third kappa shape index (κ3) is 5.31. The average Bonchev–Trinajstić information content (AvgIpc) is 2.48. The van der Waals surface area contributed by atoms with Gasteiger partial charge in [0.15, 0.2) is 0 Å². The van der Waals surface area contributed by atoms with E-state index in [1.54, 1.807) is 7.11 Å². The Morgan fingerprint density at radius 2 is 1.86 bits per heavy atom. The fourth-order valence-corrected chi connectivity index (χ4v) is 2.18. The number of methoxy groups -OCH3 is 1. The van der Waals surface area contributed by atoms with Gasteiger partial charge in [-0.3, -0.25) is 9.59 Å². The van der Waals surface area contributed by atoms with Gasteiger partial charge < -0.3 is 10.1 Å². The fraction of sp³-hybridized carbons (Fsp3) is 0.529. The first-order chi connectivity index (χ1) is 9.99. The number of hydrogen-bond acceptors (Lipinski definition) is 4. The Labute approximate surface area is 126 Å². The van der Waals surface area contributed by atoms with Crippen molar-refractivity contribution < 1.29 is 14.3 Å². The molecule has 0 bridgehead atoms. The zero-order valence-electron chi connectivity index (χ0n) is 13.3. The number of benzene rings is 1. The van der Waals surface area contributed by atoms with Crippen molar-refractivity contribution in [1.82, 2.24) is 5.32 Å². The number of ketones is 2. The van der Waals surface area contributed by atoms with E-state index in [0.29, 0.717) is 13.0 Å². The van der Waals surface area contributed by atoms with Crippen LogP contribution in [0.2, 0.25) is 0 Å². The maximum absolute atomic E-state index is 12.2. The number of hydrogen-bond donors (Lipinski definition) is 1. The van der Waals surface area contributed by atoms with Crippen LogP contribution in [0.1, 0.15) is 39.2 Å². The lowest BCUT2D eigenvalue weighted by Gasteiger charge is -2.22. The van der Waals surface area contributed by atoms with Gasteiger partial charge in [0.2, 0.25) is 0 Å². The van der Waals surface area contributed by atoms with Crippen LogP contribution in [0.4, 0.5) is 0 Å². The van der Waals surface area contributed by atoms with Crippen LogP contribution in [0.5, 0.6) is 5.75 Å². The normalized spacial score (nSPS) is 13.5. The summed E-state index contributed by atoms with van der Waals surface area (Å²) in [6, 6.07) is 7.25. The monoisotopic (exact) mass is 291 g/mol. The molecule has 2 unspecified atom stereocenters. The van der Waals surface area contributed by atoms with Crippen molar-refractivity contribution in [1.29, 1.82) is 0 Å². The molecule has 0 fully saturated rings. The van der Waals surface area contributed by atoms with Crippen LogP contribution in [-0.2, 0) is 16.1 Å². The highest BCUT2D eigenvalue weighted by Crippen LogP contribution is 2.13. The molecule has 0 spiro atoms. The molecule has 0 aliphatic carbocycles. The Bertz CT molecular complexity index is 467. The Morgan fingerprint density at radius 3 is 2.33 bits per heavy atom. The highest BCUT2D eigenvalue weighted by atomic mass is 16.5. The van der Waals surface area contributed by atoms with Crippen molar-refractivity contribution in [3.63, 3.8) is 0 Å². The molecule has 0 radical (unpaired) electrons. The highest BCUT2D eigenvalue weighted by Gasteiger charge is 2.26. The Balaban J connectivity index is 2.71. The summed E-state index contributed by atoms with van der Waals surface area (Å²) >= 11 is 0. The zero-order valence-corrected chi connectivity index (χ0v) is 13.3. The second kappa shape index (κ2) is 8.57. The molecule has 2 atom stereocenters. The molecule has 0 heterocycles. The highest BCUT2D eigenvalue weighted by molar-refractivity contribution is 5.91. The minimum atomic E-state index is -0.412. The minimum absolute atomic E-state index is 0.0340. The zero-order chi connectivity index (χ0) is 15.8. The van der Waals surface area contributed by atoms with Gasteiger partial charge in [0, 0.05) is 18.9 Å². The molecular formula is C17H25NO3. The lowest BCUT2D eigenvalue weighted by atomic mass is 9.92. The lowest BCUT2D eigenvalue weighted by Crippen LogP contribution is -2.43. The van der Waals surface area contributed by atoms with Crippen LogP contribution >= 0.6 is 0 Å². The minimum Gasteiger partial charge on any atom is -0.497 e. The molecule has 0 amide bonds. The van der Waals surface area contributed by atoms with E-state index in [-0.39, 0.29) is 17.5 Å². The summed E-state index contributed by atoms with van der Waals surface area (Å²) in [7, 11) is 1.63. The standard InChI is InChI=1S/C17H25NO3/c1-5-6-16(20)17(12(2)13(3)19)18-11-14-7-9-15(21-4)10-8-14/h7-10,12,17-18H,5-6,11H2,1-4H3. The summed E-state index contributed by atoms with van der Waals surface area (Å²) in [5.41, 5.74) is 1.06. The predicted octanol–water partition coefficient (Wildman–Crippen LogP) is 2.75. The van der Waals surface area contributed by atoms with E-state index >= 15 is 0 Å². The maximum atomic E-state index is 12.2. The van der Waals surface area contributed by atoms with E-state index in [1.807, 2.05) is 38.1 Å². The predicted molar refractivity (Wildman–Crippen MR) is 83.4 cm³/mol. The molecule has 0 aliphatic rings. The molecule has 0 saturated heterocycles. The van der Waals surface area contributed by atoms with Gasteiger partial charge in [-0.2, -0.15) is 0 Å². The smallest absolute Gasteiger partial charge is 0.150 e. The molecule has 1 aromatic carbocycles. The molecule has 0 aromatic heterocycles. The summed E-state index contributed by atoms with van der Waals surface area (Å²) in [6.45, 7) is 5.87. The molecule has 0 saturated carbocycles. The van der Waals surface area contributed by atoms with Crippen LogP contribution < -0.4 is 10.1 Å². The molecule has 1 N–H and O–H groups in total. The summed E-state index contributed by atoms with van der Waals surface area (Å²) in [5, 5.41) is 3.23. The van der Waals surface area contributed by atoms with Crippen LogP contribution in [0.3, 0.4) is 0 Å². The number of nitrogens with one attached hydrogen (secondary N) is 1. The van der Waals surface area contributed by atoms with Gasteiger partial charge in [0.1, 0.15) is 17.3 Å². The van der Waals surface area contributed by atoms with Gasteiger partial charge in [0.05, 0.1) is 13.2 Å². The second-order valence-electron chi connectivity index (χ2n) is 5.32. The molecule has 116 valence electrons. The Kier molecular flexibility index (Phi) is 7.09. The first-order valence-electron chi connectivity index (χ1n) is 7.39. The van der Waals surface area contributed by atoms with E-state index in [2.05, 4.69) is 5.32 Å². The van der Waals surface area contributed by atoms with E-state index in [9.17, 15) is 9.59 Å². The number of carbonyl (C=O) groups is 2. The quantitative estimate of drug-likeness (QED) is 0.760. The van der Waals surface area contributed by atoms with Crippen molar-refractivity contribution in [2.45, 2.75) is 46.2 Å². The van der Waals surface area contributed by atoms with Crippen molar-refractivity contribution in [2.24, 2.45) is 5.92 Å². The molecule has 1 aromatic rings. The maximum Gasteiger partial charge on any atom is 0.150 e. The third-order valence-corrected chi connectivity index (χ3v) is 3.67. The van der Waals surface area contributed by atoms with E-state index in [1.165, 1.54) is 6.92 Å². The summed E-state index contributed by atoms with van der Waals surface area (Å²) in [4.78, 5) is 23.8. The van der Waals surface area contributed by atoms with Crippen LogP contribution in [-0.4, -0.2) is 24.7 Å². The van der Waals surface area contributed by atoms with Crippen LogP contribution in [0.25, 0.3) is 0 Å². The van der Waals surface area contributed by atoms with Gasteiger partial charge in [-0.15, -0.1) is 0 Å². The molecule has 4 nitrogen and oxygen atoms in total. The van der Waals surface area contributed by atoms with Crippen molar-refractivity contribution >= 4 is 11.6 Å². The largest absolute Gasteiger partial charge is 0.497 e. The second-order valence-corrected chi connectivity index (χ2v) is 5.32. The number of Topliss-reactive ketones (excluding diaryl/α,β-unsaturated/α-hetero) is 2. The van der Waals surface area contributed by atoms with Gasteiger partial charge in [-0.05, 0) is 31.0 Å². The fourth-order valence-electron chi connectivity index (χ4n) is 2.18. The third-order valence-electron chi connectivity index (χ3n) is 3.67. The Hall–Kier alpha value is -1.68. The average molecular weight is 291 g/mol. The van der Waals surface area contributed by atoms with Crippen LogP contribution in [0.15, 0.2) is 24.3 Å². The first-order valence-corrected chi connectivity index (χ1v) is 7.39. The van der Waals surface area contributed by atoms with Gasteiger partial charge >= 0.3 is 0 Å². The summed E-state index contributed by atoms with van der Waals surface area (Å²) < 4.78 is 5.12.